The topological polar surface area (TPSA) is 65.4 Å². The van der Waals surface area contributed by atoms with Crippen molar-refractivity contribution in [2.45, 2.75) is 12.8 Å². The molecule has 3 rings (SSSR count). The van der Waals surface area contributed by atoms with Gasteiger partial charge in [0, 0.05) is 19.0 Å². The molecule has 92 valence electrons. The van der Waals surface area contributed by atoms with E-state index in [2.05, 4.69) is 10.1 Å². The largest absolute Gasteiger partial charge is 0.425 e. The average Bonchev–Trinajstić information content (AvgIpc) is 3.01. The van der Waals surface area contributed by atoms with Crippen LogP contribution in [-0.2, 0) is 0 Å². The van der Waals surface area contributed by atoms with Gasteiger partial charge in [0.25, 0.3) is 0 Å². The molecular formula is C13H14N4O. The van der Waals surface area contributed by atoms with E-state index in [1.165, 1.54) is 0 Å². The maximum absolute atomic E-state index is 5.75. The Labute approximate surface area is 105 Å². The third-order valence-electron chi connectivity index (χ3n) is 2.76. The first-order valence-electron chi connectivity index (χ1n) is 5.95. The van der Waals surface area contributed by atoms with Gasteiger partial charge in [-0.2, -0.15) is 4.68 Å². The number of para-hydroxylation sites is 1. The SMILES string of the molecule is Nc1cc(OC2=NCCC2)n(-c2ccccc2)n1. The Morgan fingerprint density at radius 2 is 2.06 bits per heavy atom. The zero-order chi connectivity index (χ0) is 12.4. The first-order valence-corrected chi connectivity index (χ1v) is 5.95. The minimum absolute atomic E-state index is 0.437. The molecule has 5 nitrogen and oxygen atoms in total. The summed E-state index contributed by atoms with van der Waals surface area (Å²) in [6, 6.07) is 11.5. The van der Waals surface area contributed by atoms with E-state index in [0.717, 1.165) is 31.0 Å². The summed E-state index contributed by atoms with van der Waals surface area (Å²) >= 11 is 0. The molecule has 0 unspecified atom stereocenters. The molecule has 1 aromatic heterocycles. The maximum atomic E-state index is 5.75. The lowest BCUT2D eigenvalue weighted by molar-refractivity contribution is 0.494. The third kappa shape index (κ3) is 2.07. The van der Waals surface area contributed by atoms with Gasteiger partial charge in [0.1, 0.15) is 5.82 Å². The number of nitrogen functional groups attached to an aromatic ring is 1. The van der Waals surface area contributed by atoms with Gasteiger partial charge in [-0.3, -0.25) is 4.99 Å². The zero-order valence-electron chi connectivity index (χ0n) is 9.91. The first-order chi connectivity index (χ1) is 8.83. The fourth-order valence-electron chi connectivity index (χ4n) is 1.93. The number of benzene rings is 1. The molecule has 0 saturated carbocycles. The Morgan fingerprint density at radius 1 is 1.22 bits per heavy atom. The van der Waals surface area contributed by atoms with E-state index in [4.69, 9.17) is 10.5 Å². The van der Waals surface area contributed by atoms with Crippen LogP contribution in [0.25, 0.3) is 5.69 Å². The second-order valence-corrected chi connectivity index (χ2v) is 4.14. The molecule has 1 aliphatic rings. The van der Waals surface area contributed by atoms with Crippen LogP contribution in [0.3, 0.4) is 0 Å². The predicted octanol–water partition coefficient (Wildman–Crippen LogP) is 2.03. The Morgan fingerprint density at radius 3 is 2.78 bits per heavy atom. The monoisotopic (exact) mass is 242 g/mol. The van der Waals surface area contributed by atoms with Crippen molar-refractivity contribution >= 4 is 11.7 Å². The number of anilines is 1. The lowest BCUT2D eigenvalue weighted by Gasteiger charge is -2.07. The molecular weight excluding hydrogens is 228 g/mol. The highest BCUT2D eigenvalue weighted by Crippen LogP contribution is 2.22. The van der Waals surface area contributed by atoms with E-state index in [1.54, 1.807) is 10.7 Å². The van der Waals surface area contributed by atoms with Gasteiger partial charge < -0.3 is 10.5 Å². The van der Waals surface area contributed by atoms with Gasteiger partial charge in [-0.1, -0.05) is 18.2 Å². The van der Waals surface area contributed by atoms with Crippen LogP contribution in [0.5, 0.6) is 5.88 Å². The van der Waals surface area contributed by atoms with Crippen LogP contribution in [0, 0.1) is 0 Å². The molecule has 2 N–H and O–H groups in total. The van der Waals surface area contributed by atoms with Crippen molar-refractivity contribution in [3.05, 3.63) is 36.4 Å². The maximum Gasteiger partial charge on any atom is 0.226 e. The van der Waals surface area contributed by atoms with Gasteiger partial charge in [-0.15, -0.1) is 5.10 Å². The summed E-state index contributed by atoms with van der Waals surface area (Å²) in [5.41, 5.74) is 6.66. The Balaban J connectivity index is 1.94. The summed E-state index contributed by atoms with van der Waals surface area (Å²) < 4.78 is 7.44. The van der Waals surface area contributed by atoms with Gasteiger partial charge in [0.05, 0.1) is 5.69 Å². The molecule has 0 radical (unpaired) electrons. The molecule has 2 heterocycles. The van der Waals surface area contributed by atoms with Crippen molar-refractivity contribution in [1.29, 1.82) is 0 Å². The number of nitrogens with two attached hydrogens (primary N) is 1. The number of hydrogen-bond donors (Lipinski definition) is 1. The lowest BCUT2D eigenvalue weighted by atomic mass is 10.3. The number of nitrogens with zero attached hydrogens (tertiary/aromatic N) is 3. The lowest BCUT2D eigenvalue weighted by Crippen LogP contribution is -2.08. The molecule has 0 atom stereocenters. The average molecular weight is 242 g/mol. The zero-order valence-corrected chi connectivity index (χ0v) is 9.91. The van der Waals surface area contributed by atoms with E-state index in [-0.39, 0.29) is 0 Å². The highest BCUT2D eigenvalue weighted by molar-refractivity contribution is 5.80. The highest BCUT2D eigenvalue weighted by atomic mass is 16.5. The smallest absolute Gasteiger partial charge is 0.226 e. The standard InChI is InChI=1S/C13H14N4O/c14-11-9-13(18-12-7-4-8-15-12)17(16-11)10-5-2-1-3-6-10/h1-3,5-6,9H,4,7-8H2,(H2,14,16). The number of aromatic nitrogens is 2. The summed E-state index contributed by atoms with van der Waals surface area (Å²) in [6.07, 6.45) is 1.92. The summed E-state index contributed by atoms with van der Waals surface area (Å²) in [6.45, 7) is 0.838. The van der Waals surface area contributed by atoms with E-state index < -0.39 is 0 Å². The van der Waals surface area contributed by atoms with Crippen molar-refractivity contribution in [3.8, 4) is 11.6 Å². The van der Waals surface area contributed by atoms with Crippen LogP contribution in [-0.4, -0.2) is 22.2 Å². The number of ether oxygens (including phenoxy) is 1. The molecule has 0 fully saturated rings. The fourth-order valence-corrected chi connectivity index (χ4v) is 1.93. The second-order valence-electron chi connectivity index (χ2n) is 4.14. The molecule has 0 spiro atoms. The molecule has 5 heteroatoms. The van der Waals surface area contributed by atoms with Crippen molar-refractivity contribution in [3.63, 3.8) is 0 Å². The Hall–Kier alpha value is -2.30. The van der Waals surface area contributed by atoms with E-state index in [9.17, 15) is 0 Å². The van der Waals surface area contributed by atoms with Gasteiger partial charge in [0.15, 0.2) is 5.90 Å². The number of rotatable bonds is 2. The van der Waals surface area contributed by atoms with Crippen LogP contribution >= 0.6 is 0 Å². The Bertz CT molecular complexity index is 574. The summed E-state index contributed by atoms with van der Waals surface area (Å²) in [5.74, 6) is 1.80. The summed E-state index contributed by atoms with van der Waals surface area (Å²) in [4.78, 5) is 4.29. The van der Waals surface area contributed by atoms with Crippen LogP contribution in [0.4, 0.5) is 5.82 Å². The number of aliphatic imine (C=N–C) groups is 1. The van der Waals surface area contributed by atoms with Crippen molar-refractivity contribution < 1.29 is 4.74 Å². The van der Waals surface area contributed by atoms with Crippen LogP contribution in [0.15, 0.2) is 41.4 Å². The van der Waals surface area contributed by atoms with Crippen LogP contribution in [0.1, 0.15) is 12.8 Å². The van der Waals surface area contributed by atoms with Gasteiger partial charge in [0.2, 0.25) is 5.88 Å². The highest BCUT2D eigenvalue weighted by Gasteiger charge is 2.14. The van der Waals surface area contributed by atoms with E-state index in [1.807, 2.05) is 30.3 Å². The summed E-state index contributed by atoms with van der Waals surface area (Å²) in [5, 5.41) is 4.24. The van der Waals surface area contributed by atoms with Crippen molar-refractivity contribution in [2.24, 2.45) is 4.99 Å². The van der Waals surface area contributed by atoms with E-state index >= 15 is 0 Å². The van der Waals surface area contributed by atoms with Gasteiger partial charge in [-0.05, 0) is 18.6 Å². The molecule has 1 aliphatic heterocycles. The molecule has 0 saturated heterocycles. The van der Waals surface area contributed by atoms with Crippen molar-refractivity contribution in [1.82, 2.24) is 9.78 Å². The summed E-state index contributed by atoms with van der Waals surface area (Å²) in [7, 11) is 0. The van der Waals surface area contributed by atoms with E-state index in [0.29, 0.717) is 11.7 Å². The molecule has 2 aromatic rings. The van der Waals surface area contributed by atoms with Crippen LogP contribution < -0.4 is 10.5 Å². The molecule has 0 aliphatic carbocycles. The number of hydrogen-bond acceptors (Lipinski definition) is 4. The second kappa shape index (κ2) is 4.52. The molecule has 18 heavy (non-hydrogen) atoms. The predicted molar refractivity (Wildman–Crippen MR) is 70.1 cm³/mol. The molecule has 0 bridgehead atoms. The Kier molecular flexibility index (Phi) is 2.72. The normalized spacial score (nSPS) is 14.6. The minimum atomic E-state index is 0.437. The molecule has 0 amide bonds. The quantitative estimate of drug-likeness (QED) is 0.876. The molecule has 1 aromatic carbocycles. The van der Waals surface area contributed by atoms with Crippen molar-refractivity contribution in [2.75, 3.05) is 12.3 Å². The van der Waals surface area contributed by atoms with Crippen LogP contribution in [0.2, 0.25) is 0 Å². The fraction of sp³-hybridized carbons (Fsp3) is 0.231. The van der Waals surface area contributed by atoms with Gasteiger partial charge in [-0.25, -0.2) is 0 Å². The minimum Gasteiger partial charge on any atom is -0.425 e. The first kappa shape index (κ1) is 10.8. The van der Waals surface area contributed by atoms with Gasteiger partial charge >= 0.3 is 0 Å². The third-order valence-corrected chi connectivity index (χ3v) is 2.76.